The van der Waals surface area contributed by atoms with E-state index in [4.69, 9.17) is 4.74 Å². The van der Waals surface area contributed by atoms with Gasteiger partial charge in [-0.2, -0.15) is 0 Å². The summed E-state index contributed by atoms with van der Waals surface area (Å²) >= 11 is 0. The van der Waals surface area contributed by atoms with Gasteiger partial charge in [0, 0.05) is 50.9 Å². The van der Waals surface area contributed by atoms with Crippen molar-refractivity contribution in [1.29, 1.82) is 0 Å². The fourth-order valence-electron chi connectivity index (χ4n) is 4.10. The van der Waals surface area contributed by atoms with E-state index in [2.05, 4.69) is 22.2 Å². The highest BCUT2D eigenvalue weighted by Crippen LogP contribution is 2.29. The zero-order valence-corrected chi connectivity index (χ0v) is 16.6. The molecule has 0 radical (unpaired) electrons. The molecule has 0 aliphatic carbocycles. The molecule has 2 fully saturated rings. The van der Waals surface area contributed by atoms with Crippen LogP contribution in [-0.4, -0.2) is 80.2 Å². The molecule has 2 aromatic carbocycles. The van der Waals surface area contributed by atoms with Crippen LogP contribution in [0.1, 0.15) is 0 Å². The van der Waals surface area contributed by atoms with E-state index in [0.717, 1.165) is 61.8 Å². The van der Waals surface area contributed by atoms with Crippen molar-refractivity contribution in [3.05, 3.63) is 48.5 Å². The van der Waals surface area contributed by atoms with E-state index in [1.165, 1.54) is 0 Å². The molecular weight excluding hydrogens is 352 g/mol. The highest BCUT2D eigenvalue weighted by atomic mass is 16.5. The predicted octanol–water partition coefficient (Wildman–Crippen LogP) is 2.83. The number of ether oxygens (including phenoxy) is 1. The third-order valence-corrected chi connectivity index (χ3v) is 5.75. The summed E-state index contributed by atoms with van der Waals surface area (Å²) in [6.07, 6.45) is 0. The Kier molecular flexibility index (Phi) is 5.50. The highest BCUT2D eigenvalue weighted by molar-refractivity contribution is 5.94. The number of carbonyl (C=O) groups is 1. The monoisotopic (exact) mass is 380 g/mol. The number of urea groups is 1. The van der Waals surface area contributed by atoms with Crippen LogP contribution in [0, 0.1) is 0 Å². The summed E-state index contributed by atoms with van der Waals surface area (Å²) in [7, 11) is 3.81. The first kappa shape index (κ1) is 18.8. The maximum Gasteiger partial charge on any atom is 0.321 e. The van der Waals surface area contributed by atoms with E-state index in [9.17, 15) is 4.79 Å². The van der Waals surface area contributed by atoms with Crippen molar-refractivity contribution < 1.29 is 9.53 Å². The molecule has 4 rings (SSSR count). The minimum atomic E-state index is -0.0196. The molecule has 1 atom stereocenters. The van der Waals surface area contributed by atoms with Gasteiger partial charge in [0.2, 0.25) is 0 Å². The summed E-state index contributed by atoms with van der Waals surface area (Å²) < 4.78 is 5.25. The van der Waals surface area contributed by atoms with Crippen LogP contribution in [0.15, 0.2) is 48.5 Å². The van der Waals surface area contributed by atoms with Gasteiger partial charge in [0.15, 0.2) is 0 Å². The highest BCUT2D eigenvalue weighted by Gasteiger charge is 2.32. The van der Waals surface area contributed by atoms with Crippen molar-refractivity contribution in [3.63, 3.8) is 0 Å². The van der Waals surface area contributed by atoms with Gasteiger partial charge < -0.3 is 19.9 Å². The first-order chi connectivity index (χ1) is 13.6. The van der Waals surface area contributed by atoms with Gasteiger partial charge in [-0.25, -0.2) is 4.79 Å². The lowest BCUT2D eigenvalue weighted by Crippen LogP contribution is -2.62. The van der Waals surface area contributed by atoms with Gasteiger partial charge >= 0.3 is 6.03 Å². The van der Waals surface area contributed by atoms with Crippen LogP contribution in [0.2, 0.25) is 0 Å². The predicted molar refractivity (Wildman–Crippen MR) is 112 cm³/mol. The number of anilines is 1. The van der Waals surface area contributed by atoms with Gasteiger partial charge in [0.1, 0.15) is 5.75 Å². The van der Waals surface area contributed by atoms with Crippen LogP contribution in [-0.2, 0) is 0 Å². The minimum Gasteiger partial charge on any atom is -0.497 e. The summed E-state index contributed by atoms with van der Waals surface area (Å²) in [6.45, 7) is 5.73. The van der Waals surface area contributed by atoms with Gasteiger partial charge in [-0.3, -0.25) is 4.90 Å². The molecule has 2 aliphatic rings. The maximum atomic E-state index is 13.0. The Morgan fingerprint density at radius 3 is 2.54 bits per heavy atom. The number of methoxy groups -OCH3 is 1. The Morgan fingerprint density at radius 2 is 1.75 bits per heavy atom. The van der Waals surface area contributed by atoms with Crippen LogP contribution >= 0.6 is 0 Å². The molecule has 1 unspecified atom stereocenters. The second-order valence-corrected chi connectivity index (χ2v) is 7.60. The van der Waals surface area contributed by atoms with Gasteiger partial charge in [-0.15, -0.1) is 0 Å². The lowest BCUT2D eigenvalue weighted by molar-refractivity contribution is 0.0353. The fraction of sp³-hybridized carbons (Fsp3) is 0.409. The molecule has 0 saturated carbocycles. The number of amides is 2. The molecule has 2 heterocycles. The summed E-state index contributed by atoms with van der Waals surface area (Å²) in [5.74, 6) is 0.820. The average molecular weight is 380 g/mol. The summed E-state index contributed by atoms with van der Waals surface area (Å²) in [5.41, 5.74) is 2.89. The largest absolute Gasteiger partial charge is 0.497 e. The number of nitrogens with zero attached hydrogens (tertiary/aromatic N) is 3. The normalized spacial score (nSPS) is 20.5. The zero-order valence-electron chi connectivity index (χ0n) is 16.6. The second kappa shape index (κ2) is 8.20. The SMILES string of the molecule is COc1ccc(-c2ccccc2NC(=O)N2CCN3CCN(C)CC3C2)cc1. The standard InChI is InChI=1S/C22H28N4O2/c1-24-11-12-25-13-14-26(16-18(25)15-24)22(27)23-21-6-4-3-5-20(21)17-7-9-19(28-2)10-8-17/h3-10,18H,11-16H2,1-2H3,(H,23,27). The van der Waals surface area contributed by atoms with Crippen molar-refractivity contribution in [3.8, 4) is 16.9 Å². The van der Waals surface area contributed by atoms with E-state index in [0.29, 0.717) is 6.04 Å². The average Bonchev–Trinajstić information content (AvgIpc) is 2.73. The van der Waals surface area contributed by atoms with Crippen LogP contribution in [0.5, 0.6) is 5.75 Å². The smallest absolute Gasteiger partial charge is 0.321 e. The Balaban J connectivity index is 1.47. The Bertz CT molecular complexity index is 824. The number of benzene rings is 2. The Morgan fingerprint density at radius 1 is 1.00 bits per heavy atom. The number of piperazine rings is 2. The van der Waals surface area contributed by atoms with Crippen molar-refractivity contribution in [2.24, 2.45) is 0 Å². The van der Waals surface area contributed by atoms with Gasteiger partial charge in [0.05, 0.1) is 12.8 Å². The third-order valence-electron chi connectivity index (χ3n) is 5.75. The summed E-state index contributed by atoms with van der Waals surface area (Å²) in [5, 5.41) is 3.14. The number of fused-ring (bicyclic) bond motifs is 1. The van der Waals surface area contributed by atoms with Crippen molar-refractivity contribution in [2.75, 3.05) is 58.7 Å². The summed E-state index contributed by atoms with van der Waals surface area (Å²) in [6, 6.07) is 16.3. The molecular formula is C22H28N4O2. The van der Waals surface area contributed by atoms with Crippen LogP contribution < -0.4 is 10.1 Å². The molecule has 148 valence electrons. The number of para-hydroxylation sites is 1. The molecule has 0 bridgehead atoms. The van der Waals surface area contributed by atoms with E-state index >= 15 is 0 Å². The van der Waals surface area contributed by atoms with Gasteiger partial charge in [0.25, 0.3) is 0 Å². The topological polar surface area (TPSA) is 48.1 Å². The third kappa shape index (κ3) is 3.98. The molecule has 0 spiro atoms. The Hall–Kier alpha value is -2.57. The first-order valence-electron chi connectivity index (χ1n) is 9.86. The minimum absolute atomic E-state index is 0.0196. The second-order valence-electron chi connectivity index (χ2n) is 7.60. The van der Waals surface area contributed by atoms with E-state index in [1.807, 2.05) is 53.4 Å². The lowest BCUT2D eigenvalue weighted by Gasteiger charge is -2.46. The molecule has 6 nitrogen and oxygen atoms in total. The van der Waals surface area contributed by atoms with Gasteiger partial charge in [-0.05, 0) is 30.8 Å². The van der Waals surface area contributed by atoms with Crippen LogP contribution in [0.4, 0.5) is 10.5 Å². The number of rotatable bonds is 3. The number of nitrogens with one attached hydrogen (secondary N) is 1. The molecule has 0 aromatic heterocycles. The quantitative estimate of drug-likeness (QED) is 0.890. The lowest BCUT2D eigenvalue weighted by atomic mass is 10.0. The molecule has 1 N–H and O–H groups in total. The molecule has 2 aromatic rings. The number of hydrogen-bond acceptors (Lipinski definition) is 4. The van der Waals surface area contributed by atoms with E-state index in [1.54, 1.807) is 7.11 Å². The Labute approximate surface area is 166 Å². The first-order valence-corrected chi connectivity index (χ1v) is 9.86. The number of hydrogen-bond donors (Lipinski definition) is 1. The van der Waals surface area contributed by atoms with E-state index < -0.39 is 0 Å². The van der Waals surface area contributed by atoms with Crippen LogP contribution in [0.3, 0.4) is 0 Å². The molecule has 6 heteroatoms. The van der Waals surface area contributed by atoms with Crippen molar-refractivity contribution in [2.45, 2.75) is 6.04 Å². The number of likely N-dealkylation sites (N-methyl/N-ethyl adjacent to an activating group) is 1. The fourth-order valence-corrected chi connectivity index (χ4v) is 4.10. The molecule has 2 saturated heterocycles. The van der Waals surface area contributed by atoms with Crippen LogP contribution in [0.25, 0.3) is 11.1 Å². The number of carbonyl (C=O) groups excluding carboxylic acids is 1. The van der Waals surface area contributed by atoms with Crippen molar-refractivity contribution >= 4 is 11.7 Å². The molecule has 2 amide bonds. The zero-order chi connectivity index (χ0) is 19.5. The molecule has 2 aliphatic heterocycles. The maximum absolute atomic E-state index is 13.0. The summed E-state index contributed by atoms with van der Waals surface area (Å²) in [4.78, 5) is 19.8. The molecule has 28 heavy (non-hydrogen) atoms. The van der Waals surface area contributed by atoms with E-state index in [-0.39, 0.29) is 6.03 Å². The van der Waals surface area contributed by atoms with Crippen molar-refractivity contribution in [1.82, 2.24) is 14.7 Å². The van der Waals surface area contributed by atoms with Gasteiger partial charge in [-0.1, -0.05) is 30.3 Å².